The van der Waals surface area contributed by atoms with E-state index in [9.17, 15) is 32.1 Å². The van der Waals surface area contributed by atoms with Crippen LogP contribution < -0.4 is 40.6 Å². The summed E-state index contributed by atoms with van der Waals surface area (Å²) in [6, 6.07) is 15.1. The molecule has 1 aliphatic rings. The van der Waals surface area contributed by atoms with Gasteiger partial charge in [-0.25, -0.2) is 14.0 Å². The van der Waals surface area contributed by atoms with E-state index in [4.69, 9.17) is 20.0 Å². The number of nitrogen functional groups attached to an aromatic ring is 1. The van der Waals surface area contributed by atoms with Crippen molar-refractivity contribution in [1.29, 1.82) is 0 Å². The number of thiazole rings is 1. The number of β-lactam (4-membered cyclic amide) rings is 1. The molecule has 23 heteroatoms. The molecule has 276 valence electrons. The first-order valence-electron chi connectivity index (χ1n) is 15.1. The van der Waals surface area contributed by atoms with Gasteiger partial charge in [0.05, 0.1) is 12.2 Å². The van der Waals surface area contributed by atoms with Crippen LogP contribution in [0.25, 0.3) is 0 Å². The van der Waals surface area contributed by atoms with Crippen molar-refractivity contribution in [2.75, 3.05) is 18.1 Å². The van der Waals surface area contributed by atoms with Gasteiger partial charge in [-0.05, 0) is 21.6 Å². The molecule has 2 aromatic carbocycles. The maximum atomic E-state index is 13.7. The zero-order chi connectivity index (χ0) is 37.5. The number of anilines is 1. The quantitative estimate of drug-likeness (QED) is 0.0120. The van der Waals surface area contributed by atoms with Crippen LogP contribution in [0.5, 0.6) is 0 Å². The van der Waals surface area contributed by atoms with E-state index >= 15 is 0 Å². The molecule has 2 amide bonds. The van der Waals surface area contributed by atoms with Crippen molar-refractivity contribution in [2.45, 2.75) is 42.5 Å². The Morgan fingerprint density at radius 1 is 1.19 bits per heavy atom. The Balaban J connectivity index is 0.00000392. The monoisotopic (exact) mass is 797 g/mol. The minimum Gasteiger partial charge on any atom is -1.00 e. The van der Waals surface area contributed by atoms with Gasteiger partial charge in [0.15, 0.2) is 10.8 Å². The number of oxime groups is 1. The number of aromatic nitrogens is 5. The van der Waals surface area contributed by atoms with Gasteiger partial charge < -0.3 is 31.6 Å². The van der Waals surface area contributed by atoms with Crippen LogP contribution in [0.3, 0.4) is 0 Å². The summed E-state index contributed by atoms with van der Waals surface area (Å²) in [5.41, 5.74) is 6.66. The topological polar surface area (TPSA) is 260 Å². The fourth-order valence-electron chi connectivity index (χ4n) is 4.86. The molecule has 3 heterocycles. The van der Waals surface area contributed by atoms with Gasteiger partial charge in [0.2, 0.25) is 10.9 Å². The number of carbonyl (C=O) groups excluding carboxylic acids is 4. The van der Waals surface area contributed by atoms with Crippen molar-refractivity contribution >= 4 is 68.3 Å². The van der Waals surface area contributed by atoms with Gasteiger partial charge in [0.25, 0.3) is 11.8 Å². The van der Waals surface area contributed by atoms with Gasteiger partial charge in [-0.15, -0.1) is 16.4 Å². The van der Waals surface area contributed by atoms with Gasteiger partial charge in [-0.3, -0.25) is 18.9 Å². The average molecular weight is 798 g/mol. The number of tetrazole rings is 1. The molecule has 3 atom stereocenters. The van der Waals surface area contributed by atoms with Gasteiger partial charge in [-0.1, -0.05) is 77.6 Å². The summed E-state index contributed by atoms with van der Waals surface area (Å²) in [4.78, 5) is 60.8. The third kappa shape index (κ3) is 10.4. The summed E-state index contributed by atoms with van der Waals surface area (Å²) in [5, 5.41) is 18.9. The number of esters is 1. The number of nitrogens with two attached hydrogens (primary N) is 1. The van der Waals surface area contributed by atoms with Crippen LogP contribution in [0.2, 0.25) is 0 Å². The van der Waals surface area contributed by atoms with E-state index in [2.05, 4.69) is 31.0 Å². The number of carbonyl (C=O) groups is 4. The maximum Gasteiger partial charge on any atom is 1.00 e. The van der Waals surface area contributed by atoms with Gasteiger partial charge in [0, 0.05) is 19.4 Å². The first-order chi connectivity index (χ1) is 24.8. The van der Waals surface area contributed by atoms with Gasteiger partial charge in [0.1, 0.15) is 36.8 Å². The summed E-state index contributed by atoms with van der Waals surface area (Å²) in [7, 11) is -3.57. The van der Waals surface area contributed by atoms with E-state index in [0.717, 1.165) is 34.2 Å². The predicted molar refractivity (Wildman–Crippen MR) is 185 cm³/mol. The molecule has 19 nitrogen and oxygen atoms in total. The van der Waals surface area contributed by atoms with Gasteiger partial charge in [-0.2, -0.15) is 8.42 Å². The van der Waals surface area contributed by atoms with Crippen LogP contribution in [0.1, 0.15) is 37.7 Å². The molecule has 0 saturated carbocycles. The number of rotatable bonds is 17. The minimum absolute atomic E-state index is 0. The Hall–Kier alpha value is -4.29. The van der Waals surface area contributed by atoms with E-state index in [0.29, 0.717) is 11.4 Å². The van der Waals surface area contributed by atoms with Crippen LogP contribution in [-0.2, 0) is 50.8 Å². The molecule has 1 aliphatic heterocycles. The summed E-state index contributed by atoms with van der Waals surface area (Å²) >= 11 is 1.89. The number of nitrogens with one attached hydrogen (secondary N) is 1. The normalized spacial score (nSPS) is 16.9. The van der Waals surface area contributed by atoms with E-state index in [1.807, 2.05) is 60.7 Å². The number of ether oxygens (including phenoxy) is 2. The van der Waals surface area contributed by atoms with Crippen LogP contribution in [-0.4, -0.2) is 102 Å². The molecule has 1 fully saturated rings. The third-order valence-electron chi connectivity index (χ3n) is 7.36. The Labute approximate surface area is 334 Å². The Morgan fingerprint density at radius 3 is 2.36 bits per heavy atom. The molecule has 0 bridgehead atoms. The smallest absolute Gasteiger partial charge is 1.00 e. The molecule has 0 aliphatic carbocycles. The summed E-state index contributed by atoms with van der Waals surface area (Å²) < 4.78 is 46.7. The second kappa shape index (κ2) is 18.2. The van der Waals surface area contributed by atoms with Crippen LogP contribution in [0.15, 0.2) is 76.4 Å². The van der Waals surface area contributed by atoms with Gasteiger partial charge >= 0.3 is 45.8 Å². The molecule has 53 heavy (non-hydrogen) atoms. The van der Waals surface area contributed by atoms with E-state index in [1.165, 1.54) is 17.0 Å². The second-order valence-corrected chi connectivity index (χ2v) is 14.2. The van der Waals surface area contributed by atoms with E-state index < -0.39 is 64.4 Å². The fourth-order valence-corrected chi connectivity index (χ4v) is 6.92. The first kappa shape index (κ1) is 41.5. The summed E-state index contributed by atoms with van der Waals surface area (Å²) in [5.74, 6) is -5.20. The van der Waals surface area contributed by atoms with Crippen LogP contribution in [0.4, 0.5) is 5.13 Å². The molecule has 4 N–H and O–H groups in total. The number of hydrogen-bond donors (Lipinski definition) is 3. The van der Waals surface area contributed by atoms with Crippen molar-refractivity contribution in [3.63, 3.8) is 0 Å². The summed E-state index contributed by atoms with van der Waals surface area (Å²) in [6.45, 7) is 0.711. The number of hydrogen-bond acceptors (Lipinski definition) is 17. The first-order valence-corrected chi connectivity index (χ1v) is 18.4. The standard InChI is InChI=1S/C30H31N9O10S3.Na.H/c1-30(13-14-40,48-25(18-9-5-3-6-10-18)19-11-7-4-8-12-19)49-35-23(20-16-50-28(31)32-20)26(42)33-24-21(39(27(24)43)52(44,45)46)15-47-22(41)17-51-29-34-36-37-38(29)2;;/h3-12,14,16,21,24-25H,13,15,17H2,1-2H3,(H2,31,32)(H,33,42)(H,44,45,46);;/q;+1;-1/b35-23-;;. The number of benzene rings is 2. The number of nitrogens with zero attached hydrogens (tertiary/aromatic N) is 7. The molecule has 3 unspecified atom stereocenters. The number of thioether (sulfide) groups is 1. The Kier molecular flexibility index (Phi) is 14.2. The van der Waals surface area contributed by atoms with Crippen LogP contribution in [0, 0.1) is 0 Å². The average Bonchev–Trinajstić information content (AvgIpc) is 3.74. The number of aldehydes is 1. The molecule has 2 aromatic heterocycles. The minimum atomic E-state index is -5.12. The van der Waals surface area contributed by atoms with E-state index in [-0.39, 0.29) is 58.3 Å². The zero-order valence-corrected chi connectivity index (χ0v) is 32.8. The van der Waals surface area contributed by atoms with E-state index in [1.54, 1.807) is 7.05 Å². The molecular weight excluding hydrogens is 766 g/mol. The molecule has 0 radical (unpaired) electrons. The Morgan fingerprint density at radius 2 is 1.83 bits per heavy atom. The van der Waals surface area contributed by atoms with Crippen molar-refractivity contribution in [3.8, 4) is 0 Å². The molecule has 0 spiro atoms. The fraction of sp³-hybridized carbons (Fsp3) is 0.300. The second-order valence-electron chi connectivity index (χ2n) is 11.1. The van der Waals surface area contributed by atoms with Crippen LogP contribution >= 0.6 is 23.1 Å². The zero-order valence-electron chi connectivity index (χ0n) is 29.3. The molecular formula is C30H32N9NaO10S3. The third-order valence-corrected chi connectivity index (χ3v) is 9.96. The number of aryl methyl sites for hydroxylation is 1. The molecule has 1 saturated heterocycles. The van der Waals surface area contributed by atoms with Crippen molar-refractivity contribution in [2.24, 2.45) is 12.2 Å². The maximum absolute atomic E-state index is 13.7. The van der Waals surface area contributed by atoms with Crippen molar-refractivity contribution < 1.29 is 77.4 Å². The van der Waals surface area contributed by atoms with Crippen molar-refractivity contribution in [3.05, 3.63) is 82.9 Å². The van der Waals surface area contributed by atoms with Crippen molar-refractivity contribution in [1.82, 2.24) is 34.8 Å². The number of amides is 2. The predicted octanol–water partition coefficient (Wildman–Crippen LogP) is -1.97. The Bertz CT molecular complexity index is 2020. The SMILES string of the molecule is Cn1nnnc1SCC(=O)OCC1C(NC(=O)/C(=N\OC(C)(CC=O)OC(c2ccccc2)c2ccccc2)c2csc(N)n2)C(=O)N1S(=O)(=O)O.[H-].[Na+]. The largest absolute Gasteiger partial charge is 1.00 e. The summed E-state index contributed by atoms with van der Waals surface area (Å²) in [6.07, 6.45) is -0.536. The molecule has 4 aromatic rings. The molecule has 5 rings (SSSR count).